The third-order valence-electron chi connectivity index (χ3n) is 3.72. The van der Waals surface area contributed by atoms with Crippen LogP contribution < -0.4 is 0 Å². The Morgan fingerprint density at radius 3 is 2.29 bits per heavy atom. The van der Waals surface area contributed by atoms with Gasteiger partial charge in [-0.25, -0.2) is 0 Å². The molecule has 1 N–H and O–H groups in total. The molecule has 2 heteroatoms. The van der Waals surface area contributed by atoms with Crippen molar-refractivity contribution < 1.29 is 9.84 Å². The largest absolute Gasteiger partial charge is 0.508 e. The van der Waals surface area contributed by atoms with Crippen molar-refractivity contribution in [1.29, 1.82) is 0 Å². The summed E-state index contributed by atoms with van der Waals surface area (Å²) in [6.07, 6.45) is 5.47. The fraction of sp³-hybridized carbons (Fsp3) is 0.600. The van der Waals surface area contributed by atoms with E-state index in [-0.39, 0.29) is 6.10 Å². The Morgan fingerprint density at radius 2 is 1.71 bits per heavy atom. The van der Waals surface area contributed by atoms with Crippen LogP contribution >= 0.6 is 0 Å². The summed E-state index contributed by atoms with van der Waals surface area (Å²) in [4.78, 5) is 0. The van der Waals surface area contributed by atoms with E-state index in [0.29, 0.717) is 11.9 Å². The number of benzene rings is 1. The molecular formula is C15H22O2. The highest BCUT2D eigenvalue weighted by molar-refractivity contribution is 5.27. The van der Waals surface area contributed by atoms with Gasteiger partial charge in [-0.2, -0.15) is 0 Å². The predicted molar refractivity (Wildman–Crippen MR) is 69.0 cm³/mol. The minimum atomic E-state index is 0.119. The lowest BCUT2D eigenvalue weighted by Crippen LogP contribution is -2.21. The van der Waals surface area contributed by atoms with Gasteiger partial charge >= 0.3 is 0 Å². The molecule has 1 atom stereocenters. The smallest absolute Gasteiger partial charge is 0.115 e. The Balaban J connectivity index is 1.88. The molecule has 94 valence electrons. The molecular weight excluding hydrogens is 212 g/mol. The Morgan fingerprint density at radius 1 is 1.12 bits per heavy atom. The van der Waals surface area contributed by atoms with E-state index < -0.39 is 0 Å². The van der Waals surface area contributed by atoms with Crippen molar-refractivity contribution in [3.05, 3.63) is 29.8 Å². The summed E-state index contributed by atoms with van der Waals surface area (Å²) < 4.78 is 6.08. The molecule has 0 bridgehead atoms. The first-order chi connectivity index (χ1) is 8.15. The average molecular weight is 234 g/mol. The summed E-state index contributed by atoms with van der Waals surface area (Å²) in [5, 5.41) is 9.25. The molecule has 0 aromatic heterocycles. The Labute approximate surface area is 104 Å². The predicted octanol–water partition coefficient (Wildman–Crippen LogP) is 4.05. The van der Waals surface area contributed by atoms with Gasteiger partial charge in [0.25, 0.3) is 0 Å². The molecule has 0 saturated heterocycles. The van der Waals surface area contributed by atoms with Gasteiger partial charge in [0.1, 0.15) is 5.75 Å². The number of ether oxygens (including phenoxy) is 1. The normalized spacial score (nSPS) is 26.7. The highest BCUT2D eigenvalue weighted by atomic mass is 16.5. The Kier molecular flexibility index (Phi) is 4.06. The number of phenolic OH excluding ortho intramolecular Hbond substituents is 1. The van der Waals surface area contributed by atoms with Crippen molar-refractivity contribution in [3.8, 4) is 5.75 Å². The van der Waals surface area contributed by atoms with Gasteiger partial charge in [-0.1, -0.05) is 19.1 Å². The summed E-state index contributed by atoms with van der Waals surface area (Å²) in [5.41, 5.74) is 1.14. The minimum absolute atomic E-state index is 0.119. The van der Waals surface area contributed by atoms with E-state index in [1.807, 2.05) is 12.1 Å². The molecule has 1 aliphatic carbocycles. The molecule has 0 heterocycles. The van der Waals surface area contributed by atoms with Crippen molar-refractivity contribution in [3.63, 3.8) is 0 Å². The number of hydrogen-bond donors (Lipinski definition) is 1. The van der Waals surface area contributed by atoms with Crippen LogP contribution in [0.25, 0.3) is 0 Å². The minimum Gasteiger partial charge on any atom is -0.508 e. The summed E-state index contributed by atoms with van der Waals surface area (Å²) >= 11 is 0. The fourth-order valence-electron chi connectivity index (χ4n) is 2.48. The first-order valence-corrected chi connectivity index (χ1v) is 6.59. The summed E-state index contributed by atoms with van der Waals surface area (Å²) in [5.74, 6) is 1.17. The van der Waals surface area contributed by atoms with E-state index in [1.165, 1.54) is 25.7 Å². The van der Waals surface area contributed by atoms with E-state index >= 15 is 0 Å². The molecule has 1 aromatic rings. The number of phenols is 1. The first-order valence-electron chi connectivity index (χ1n) is 6.59. The van der Waals surface area contributed by atoms with Crippen LogP contribution in [0.3, 0.4) is 0 Å². The fourth-order valence-corrected chi connectivity index (χ4v) is 2.48. The number of hydrogen-bond acceptors (Lipinski definition) is 2. The molecule has 0 amide bonds. The van der Waals surface area contributed by atoms with Crippen molar-refractivity contribution >= 4 is 0 Å². The lowest BCUT2D eigenvalue weighted by molar-refractivity contribution is -0.0284. The van der Waals surface area contributed by atoms with Crippen LogP contribution in [-0.4, -0.2) is 11.2 Å². The molecule has 1 saturated carbocycles. The van der Waals surface area contributed by atoms with Crippen LogP contribution in [0.2, 0.25) is 0 Å². The van der Waals surface area contributed by atoms with Crippen LogP contribution in [0.4, 0.5) is 0 Å². The quantitative estimate of drug-likeness (QED) is 0.855. The molecule has 1 unspecified atom stereocenters. The molecule has 1 fully saturated rings. The molecule has 0 radical (unpaired) electrons. The molecule has 2 nitrogen and oxygen atoms in total. The zero-order chi connectivity index (χ0) is 12.3. The van der Waals surface area contributed by atoms with Gasteiger partial charge in [-0.3, -0.25) is 0 Å². The Bertz CT molecular complexity index is 336. The average Bonchev–Trinajstić information content (AvgIpc) is 2.33. The summed E-state index contributed by atoms with van der Waals surface area (Å²) in [7, 11) is 0. The van der Waals surface area contributed by atoms with Crippen molar-refractivity contribution in [2.75, 3.05) is 0 Å². The topological polar surface area (TPSA) is 29.5 Å². The molecule has 0 spiro atoms. The van der Waals surface area contributed by atoms with E-state index in [1.54, 1.807) is 12.1 Å². The molecule has 17 heavy (non-hydrogen) atoms. The molecule has 0 aliphatic heterocycles. The monoisotopic (exact) mass is 234 g/mol. The SMILES string of the molecule is CC1CCC(OC(C)c2ccc(O)cc2)CC1. The third kappa shape index (κ3) is 3.47. The second-order valence-electron chi connectivity index (χ2n) is 5.25. The highest BCUT2D eigenvalue weighted by Crippen LogP contribution is 2.29. The van der Waals surface area contributed by atoms with Gasteiger partial charge in [-0.15, -0.1) is 0 Å². The lowest BCUT2D eigenvalue weighted by Gasteiger charge is -2.29. The first kappa shape index (κ1) is 12.4. The van der Waals surface area contributed by atoms with Gasteiger partial charge in [0.15, 0.2) is 0 Å². The van der Waals surface area contributed by atoms with Crippen LogP contribution in [0.15, 0.2) is 24.3 Å². The van der Waals surface area contributed by atoms with Gasteiger partial charge in [0, 0.05) is 0 Å². The Hall–Kier alpha value is -1.02. The summed E-state index contributed by atoms with van der Waals surface area (Å²) in [6.45, 7) is 4.41. The second kappa shape index (κ2) is 5.54. The molecule has 1 aliphatic rings. The lowest BCUT2D eigenvalue weighted by atomic mass is 9.89. The van der Waals surface area contributed by atoms with Crippen LogP contribution in [0.5, 0.6) is 5.75 Å². The number of aromatic hydroxyl groups is 1. The van der Waals surface area contributed by atoms with Gasteiger partial charge in [-0.05, 0) is 56.2 Å². The van der Waals surface area contributed by atoms with E-state index in [9.17, 15) is 5.11 Å². The van der Waals surface area contributed by atoms with Gasteiger partial charge in [0.05, 0.1) is 12.2 Å². The zero-order valence-electron chi connectivity index (χ0n) is 10.7. The maximum atomic E-state index is 9.25. The van der Waals surface area contributed by atoms with E-state index in [0.717, 1.165) is 11.5 Å². The highest BCUT2D eigenvalue weighted by Gasteiger charge is 2.21. The van der Waals surface area contributed by atoms with Gasteiger partial charge < -0.3 is 9.84 Å². The zero-order valence-corrected chi connectivity index (χ0v) is 10.7. The van der Waals surface area contributed by atoms with Crippen molar-refractivity contribution in [2.45, 2.75) is 51.7 Å². The molecule has 1 aromatic carbocycles. The number of rotatable bonds is 3. The van der Waals surface area contributed by atoms with E-state index in [4.69, 9.17) is 4.74 Å². The van der Waals surface area contributed by atoms with Crippen molar-refractivity contribution in [1.82, 2.24) is 0 Å². The third-order valence-corrected chi connectivity index (χ3v) is 3.72. The summed E-state index contributed by atoms with van der Waals surface area (Å²) in [6, 6.07) is 7.31. The molecule has 2 rings (SSSR count). The van der Waals surface area contributed by atoms with Crippen LogP contribution in [-0.2, 0) is 4.74 Å². The standard InChI is InChI=1S/C15H22O2/c1-11-3-9-15(10-4-11)17-12(2)13-5-7-14(16)8-6-13/h5-8,11-12,15-16H,3-4,9-10H2,1-2H3. The maximum absolute atomic E-state index is 9.25. The van der Waals surface area contributed by atoms with Crippen LogP contribution in [0.1, 0.15) is 51.2 Å². The maximum Gasteiger partial charge on any atom is 0.115 e. The van der Waals surface area contributed by atoms with Crippen LogP contribution in [0, 0.1) is 5.92 Å². The van der Waals surface area contributed by atoms with Gasteiger partial charge in [0.2, 0.25) is 0 Å². The second-order valence-corrected chi connectivity index (χ2v) is 5.25. The van der Waals surface area contributed by atoms with Crippen molar-refractivity contribution in [2.24, 2.45) is 5.92 Å². The van der Waals surface area contributed by atoms with E-state index in [2.05, 4.69) is 13.8 Å².